The molecule has 0 aliphatic rings. The van der Waals surface area contributed by atoms with Crippen LogP contribution in [-0.4, -0.2) is 12.5 Å². The van der Waals surface area contributed by atoms with Crippen molar-refractivity contribution in [2.75, 3.05) is 11.9 Å². The molecule has 0 aromatic heterocycles. The molecule has 0 heterocycles. The molecule has 5 nitrogen and oxygen atoms in total. The molecule has 0 spiro atoms. The number of amides is 1. The molecule has 3 aromatic rings. The Morgan fingerprint density at radius 2 is 1.81 bits per heavy atom. The highest BCUT2D eigenvalue weighted by atomic mass is 79.9. The zero-order valence-electron chi connectivity index (χ0n) is 17.0. The van der Waals surface area contributed by atoms with E-state index >= 15 is 0 Å². The quantitative estimate of drug-likeness (QED) is 0.321. The van der Waals surface area contributed by atoms with E-state index in [1.54, 1.807) is 42.5 Å². The minimum Gasteiger partial charge on any atom is -0.493 e. The summed E-state index contributed by atoms with van der Waals surface area (Å²) in [7, 11) is 0. The summed E-state index contributed by atoms with van der Waals surface area (Å²) in [5, 5.41) is 12.2. The Morgan fingerprint density at radius 1 is 1.06 bits per heavy atom. The molecular weight excluding hydrogens is 456 g/mol. The van der Waals surface area contributed by atoms with Crippen LogP contribution in [0.3, 0.4) is 0 Å². The molecule has 1 N–H and O–H groups in total. The number of rotatable bonds is 8. The zero-order chi connectivity index (χ0) is 22.1. The maximum atomic E-state index is 12.5. The van der Waals surface area contributed by atoms with Gasteiger partial charge >= 0.3 is 0 Å². The average molecular weight is 477 g/mol. The third-order valence-electron chi connectivity index (χ3n) is 4.29. The molecule has 0 saturated heterocycles. The van der Waals surface area contributed by atoms with E-state index in [0.29, 0.717) is 36.0 Å². The van der Waals surface area contributed by atoms with Gasteiger partial charge in [0.2, 0.25) is 0 Å². The zero-order valence-corrected chi connectivity index (χ0v) is 18.6. The molecule has 3 aromatic carbocycles. The van der Waals surface area contributed by atoms with Crippen LogP contribution in [0.5, 0.6) is 11.5 Å². The molecule has 3 rings (SSSR count). The summed E-state index contributed by atoms with van der Waals surface area (Å²) in [5.41, 5.74) is 2.36. The van der Waals surface area contributed by atoms with E-state index in [1.807, 2.05) is 43.3 Å². The standard InChI is InChI=1S/C25H21BrN2O3/c1-2-30-24-13-8-19(15-23(24)26)14-20(16-27)25(29)28-21-9-11-22(12-10-21)31-17-18-6-4-3-5-7-18/h3-15H,2,17H2,1H3,(H,28,29)/b20-14+. The molecule has 0 bridgehead atoms. The van der Waals surface area contributed by atoms with Crippen LogP contribution in [-0.2, 0) is 11.4 Å². The summed E-state index contributed by atoms with van der Waals surface area (Å²) in [6, 6.07) is 24.2. The van der Waals surface area contributed by atoms with Crippen LogP contribution < -0.4 is 14.8 Å². The lowest BCUT2D eigenvalue weighted by atomic mass is 10.1. The Hall–Kier alpha value is -3.56. The van der Waals surface area contributed by atoms with Gasteiger partial charge in [0.05, 0.1) is 11.1 Å². The van der Waals surface area contributed by atoms with Gasteiger partial charge in [-0.3, -0.25) is 4.79 Å². The topological polar surface area (TPSA) is 71.3 Å². The van der Waals surface area contributed by atoms with Gasteiger partial charge in [-0.2, -0.15) is 5.26 Å². The molecule has 1 amide bonds. The first-order valence-electron chi connectivity index (χ1n) is 9.71. The van der Waals surface area contributed by atoms with Crippen molar-refractivity contribution in [3.8, 4) is 17.6 Å². The predicted octanol–water partition coefficient (Wildman–Crippen LogP) is 5.97. The minimum atomic E-state index is -0.481. The molecule has 0 radical (unpaired) electrons. The molecule has 156 valence electrons. The van der Waals surface area contributed by atoms with Crippen LogP contribution in [0.2, 0.25) is 0 Å². The van der Waals surface area contributed by atoms with E-state index in [1.165, 1.54) is 6.08 Å². The fourth-order valence-electron chi connectivity index (χ4n) is 2.77. The number of anilines is 1. The lowest BCUT2D eigenvalue weighted by Gasteiger charge is -2.09. The molecule has 0 fully saturated rings. The minimum absolute atomic E-state index is 0.000430. The number of ether oxygens (including phenoxy) is 2. The lowest BCUT2D eigenvalue weighted by Crippen LogP contribution is -2.13. The highest BCUT2D eigenvalue weighted by Gasteiger charge is 2.11. The number of hydrogen-bond donors (Lipinski definition) is 1. The lowest BCUT2D eigenvalue weighted by molar-refractivity contribution is -0.112. The molecule has 0 atom stereocenters. The fourth-order valence-corrected chi connectivity index (χ4v) is 3.28. The van der Waals surface area contributed by atoms with Gasteiger partial charge in [-0.1, -0.05) is 36.4 Å². The SMILES string of the molecule is CCOc1ccc(/C=C(\C#N)C(=O)Nc2ccc(OCc3ccccc3)cc2)cc1Br. The molecule has 0 aliphatic heterocycles. The van der Waals surface area contributed by atoms with Crippen molar-refractivity contribution in [3.63, 3.8) is 0 Å². The number of halogens is 1. The van der Waals surface area contributed by atoms with Crippen LogP contribution in [0.4, 0.5) is 5.69 Å². The van der Waals surface area contributed by atoms with Crippen molar-refractivity contribution in [2.45, 2.75) is 13.5 Å². The summed E-state index contributed by atoms with van der Waals surface area (Å²) in [6.45, 7) is 2.92. The number of nitrogens with one attached hydrogen (secondary N) is 1. The summed E-state index contributed by atoms with van der Waals surface area (Å²) >= 11 is 3.44. The summed E-state index contributed by atoms with van der Waals surface area (Å²) in [5.74, 6) is 0.916. The maximum Gasteiger partial charge on any atom is 0.266 e. The number of carbonyl (C=O) groups excluding carboxylic acids is 1. The second kappa shape index (κ2) is 11.0. The Balaban J connectivity index is 1.63. The number of nitriles is 1. The first-order chi connectivity index (χ1) is 15.1. The van der Waals surface area contributed by atoms with Gasteiger partial charge in [-0.25, -0.2) is 0 Å². The first-order valence-corrected chi connectivity index (χ1v) is 10.5. The van der Waals surface area contributed by atoms with Gasteiger partial charge in [-0.05, 0) is 76.5 Å². The van der Waals surface area contributed by atoms with Crippen molar-refractivity contribution >= 4 is 33.6 Å². The monoisotopic (exact) mass is 476 g/mol. The van der Waals surface area contributed by atoms with E-state index in [4.69, 9.17) is 9.47 Å². The molecule has 31 heavy (non-hydrogen) atoms. The summed E-state index contributed by atoms with van der Waals surface area (Å²) in [6.07, 6.45) is 1.53. The molecule has 0 aliphatic carbocycles. The van der Waals surface area contributed by atoms with E-state index in [-0.39, 0.29) is 5.57 Å². The Bertz CT molecular complexity index is 1100. The predicted molar refractivity (Wildman–Crippen MR) is 125 cm³/mol. The van der Waals surface area contributed by atoms with Crippen LogP contribution in [0.15, 0.2) is 82.8 Å². The molecular formula is C25H21BrN2O3. The van der Waals surface area contributed by atoms with Gasteiger partial charge in [0.1, 0.15) is 29.7 Å². The number of hydrogen-bond acceptors (Lipinski definition) is 4. The second-order valence-electron chi connectivity index (χ2n) is 6.55. The Labute approximate surface area is 190 Å². The Kier molecular flexibility index (Phi) is 7.85. The van der Waals surface area contributed by atoms with Crippen LogP contribution >= 0.6 is 15.9 Å². The fraction of sp³-hybridized carbons (Fsp3) is 0.120. The van der Waals surface area contributed by atoms with Crippen LogP contribution in [0.25, 0.3) is 6.08 Å². The van der Waals surface area contributed by atoms with Crippen molar-refractivity contribution in [1.29, 1.82) is 5.26 Å². The normalized spacial score (nSPS) is 10.8. The highest BCUT2D eigenvalue weighted by molar-refractivity contribution is 9.10. The van der Waals surface area contributed by atoms with E-state index in [0.717, 1.165) is 10.0 Å². The molecule has 6 heteroatoms. The van der Waals surface area contributed by atoms with Gasteiger partial charge in [0.15, 0.2) is 0 Å². The number of benzene rings is 3. The van der Waals surface area contributed by atoms with Crippen LogP contribution in [0, 0.1) is 11.3 Å². The van der Waals surface area contributed by atoms with Crippen molar-refractivity contribution in [2.24, 2.45) is 0 Å². The van der Waals surface area contributed by atoms with Gasteiger partial charge in [0.25, 0.3) is 5.91 Å². The Morgan fingerprint density at radius 3 is 2.45 bits per heavy atom. The first kappa shape index (κ1) is 22.1. The number of carbonyl (C=O) groups is 1. The molecule has 0 unspecified atom stereocenters. The maximum absolute atomic E-state index is 12.5. The number of nitrogens with zero attached hydrogens (tertiary/aromatic N) is 1. The molecule has 0 saturated carbocycles. The average Bonchev–Trinajstić information content (AvgIpc) is 2.79. The van der Waals surface area contributed by atoms with E-state index in [2.05, 4.69) is 21.2 Å². The van der Waals surface area contributed by atoms with Crippen LogP contribution in [0.1, 0.15) is 18.1 Å². The van der Waals surface area contributed by atoms with E-state index < -0.39 is 5.91 Å². The summed E-state index contributed by atoms with van der Waals surface area (Å²) in [4.78, 5) is 12.5. The summed E-state index contributed by atoms with van der Waals surface area (Å²) < 4.78 is 12.0. The van der Waals surface area contributed by atoms with Gasteiger partial charge < -0.3 is 14.8 Å². The highest BCUT2D eigenvalue weighted by Crippen LogP contribution is 2.27. The third-order valence-corrected chi connectivity index (χ3v) is 4.91. The van der Waals surface area contributed by atoms with Crippen molar-refractivity contribution < 1.29 is 14.3 Å². The second-order valence-corrected chi connectivity index (χ2v) is 7.40. The van der Waals surface area contributed by atoms with Crippen molar-refractivity contribution in [1.82, 2.24) is 0 Å². The van der Waals surface area contributed by atoms with Gasteiger partial charge in [-0.15, -0.1) is 0 Å². The third kappa shape index (κ3) is 6.46. The largest absolute Gasteiger partial charge is 0.493 e. The van der Waals surface area contributed by atoms with E-state index in [9.17, 15) is 10.1 Å². The van der Waals surface area contributed by atoms with Gasteiger partial charge in [0, 0.05) is 5.69 Å². The van der Waals surface area contributed by atoms with Crippen molar-refractivity contribution in [3.05, 3.63) is 94.0 Å². The smallest absolute Gasteiger partial charge is 0.266 e.